The van der Waals surface area contributed by atoms with Gasteiger partial charge in [-0.25, -0.2) is 8.42 Å². The highest BCUT2D eigenvalue weighted by molar-refractivity contribution is 7.92. The zero-order valence-electron chi connectivity index (χ0n) is 13.4. The molecule has 0 amide bonds. The predicted molar refractivity (Wildman–Crippen MR) is 93.5 cm³/mol. The van der Waals surface area contributed by atoms with Gasteiger partial charge in [-0.2, -0.15) is 0 Å². The number of rotatable bonds is 5. The monoisotopic (exact) mass is 380 g/mol. The number of aliphatic carboxylic acids is 1. The molecule has 0 radical (unpaired) electrons. The molecular formula is C18H17ClO5S. The van der Waals surface area contributed by atoms with Gasteiger partial charge in [0.15, 0.2) is 9.84 Å². The maximum Gasteiger partial charge on any atom is 0.314 e. The molecule has 1 saturated carbocycles. The third-order valence-corrected chi connectivity index (χ3v) is 7.33. The minimum absolute atomic E-state index is 0.0479. The van der Waals surface area contributed by atoms with Crippen LogP contribution in [-0.2, 0) is 14.6 Å². The van der Waals surface area contributed by atoms with Crippen LogP contribution < -0.4 is 0 Å². The van der Waals surface area contributed by atoms with E-state index in [-0.39, 0.29) is 4.90 Å². The van der Waals surface area contributed by atoms with Gasteiger partial charge in [-0.1, -0.05) is 41.4 Å². The lowest BCUT2D eigenvalue weighted by Gasteiger charge is -2.09. The van der Waals surface area contributed by atoms with E-state index in [1.165, 1.54) is 12.1 Å². The first-order valence-electron chi connectivity index (χ1n) is 7.65. The van der Waals surface area contributed by atoms with Gasteiger partial charge in [0.1, 0.15) is 5.41 Å². The van der Waals surface area contributed by atoms with Crippen molar-refractivity contribution in [3.8, 4) is 0 Å². The second-order valence-corrected chi connectivity index (χ2v) is 8.82. The minimum Gasteiger partial charge on any atom is -0.481 e. The number of hydrogen-bond donors (Lipinski definition) is 2. The second kappa shape index (κ2) is 6.12. The molecule has 0 saturated heterocycles. The Morgan fingerprint density at radius 3 is 2.36 bits per heavy atom. The molecule has 0 heterocycles. The lowest BCUT2D eigenvalue weighted by molar-refractivity contribution is -0.145. The molecule has 2 aromatic carbocycles. The van der Waals surface area contributed by atoms with Crippen molar-refractivity contribution in [2.45, 2.75) is 23.0 Å². The fourth-order valence-electron chi connectivity index (χ4n) is 3.42. The van der Waals surface area contributed by atoms with Crippen molar-refractivity contribution in [2.75, 3.05) is 6.61 Å². The molecule has 1 aliphatic rings. The molecule has 0 bridgehead atoms. The van der Waals surface area contributed by atoms with E-state index in [4.69, 9.17) is 11.6 Å². The van der Waals surface area contributed by atoms with Gasteiger partial charge in [-0.3, -0.25) is 4.79 Å². The number of sulfone groups is 1. The van der Waals surface area contributed by atoms with Gasteiger partial charge in [0.05, 0.1) is 16.8 Å². The van der Waals surface area contributed by atoms with Crippen LogP contribution in [0.15, 0.2) is 53.4 Å². The van der Waals surface area contributed by atoms with Gasteiger partial charge < -0.3 is 10.2 Å². The lowest BCUT2D eigenvalue weighted by Crippen LogP contribution is -2.27. The average Bonchev–Trinajstić information content (AvgIpc) is 3.27. The number of hydrogen-bond acceptors (Lipinski definition) is 4. The zero-order valence-corrected chi connectivity index (χ0v) is 15.0. The van der Waals surface area contributed by atoms with Crippen molar-refractivity contribution in [1.29, 1.82) is 0 Å². The predicted octanol–water partition coefficient (Wildman–Crippen LogP) is 2.65. The molecule has 2 N–H and O–H groups in total. The van der Waals surface area contributed by atoms with Crippen LogP contribution in [0.25, 0.3) is 0 Å². The first-order valence-corrected chi connectivity index (χ1v) is 9.58. The Balaban J connectivity index is 2.12. The molecule has 0 aliphatic heterocycles. The Labute approximate surface area is 150 Å². The summed E-state index contributed by atoms with van der Waals surface area (Å²) in [6.45, 7) is 1.06. The summed E-state index contributed by atoms with van der Waals surface area (Å²) < 4.78 is 26.1. The third kappa shape index (κ3) is 2.74. The van der Waals surface area contributed by atoms with Crippen LogP contribution >= 0.6 is 11.6 Å². The number of carboxylic acid groups (broad SMARTS) is 1. The van der Waals surface area contributed by atoms with Crippen molar-refractivity contribution in [2.24, 2.45) is 5.41 Å². The van der Waals surface area contributed by atoms with Gasteiger partial charge in [0.25, 0.3) is 0 Å². The van der Waals surface area contributed by atoms with Gasteiger partial charge in [0.2, 0.25) is 0 Å². The number of aliphatic hydroxyl groups excluding tert-OH is 1. The summed E-state index contributed by atoms with van der Waals surface area (Å²) >= 11 is 5.97. The van der Waals surface area contributed by atoms with Gasteiger partial charge in [0, 0.05) is 10.9 Å². The zero-order chi connectivity index (χ0) is 18.4. The highest BCUT2D eigenvalue weighted by atomic mass is 35.5. The molecule has 0 aromatic heterocycles. The highest BCUT2D eigenvalue weighted by Gasteiger charge is 2.75. The molecule has 3 unspecified atom stereocenters. The van der Waals surface area contributed by atoms with Crippen molar-refractivity contribution < 1.29 is 23.4 Å². The summed E-state index contributed by atoms with van der Waals surface area (Å²) in [4.78, 5) is 11.9. The Hall–Kier alpha value is -1.89. The number of aryl methyl sites for hydroxylation is 1. The van der Waals surface area contributed by atoms with E-state index in [2.05, 4.69) is 0 Å². The fraction of sp³-hybridized carbons (Fsp3) is 0.278. The van der Waals surface area contributed by atoms with Crippen molar-refractivity contribution >= 4 is 27.4 Å². The topological polar surface area (TPSA) is 91.7 Å². The Morgan fingerprint density at radius 1 is 1.20 bits per heavy atom. The maximum atomic E-state index is 13.0. The molecule has 2 aromatic rings. The average molecular weight is 381 g/mol. The maximum absolute atomic E-state index is 13.0. The SMILES string of the molecule is Cc1ccc(S(=O)(=O)C2C(c3cccc(Cl)c3)C2(CO)C(=O)O)cc1. The molecule has 3 atom stereocenters. The van der Waals surface area contributed by atoms with Crippen LogP contribution in [0.1, 0.15) is 17.0 Å². The van der Waals surface area contributed by atoms with Crippen LogP contribution in [-0.4, -0.2) is 36.5 Å². The normalized spacial score (nSPS) is 25.6. The molecule has 3 rings (SSSR count). The van der Waals surface area contributed by atoms with Crippen molar-refractivity contribution in [3.63, 3.8) is 0 Å². The van der Waals surface area contributed by atoms with Crippen LogP contribution in [0.4, 0.5) is 0 Å². The van der Waals surface area contributed by atoms with Crippen LogP contribution in [0.5, 0.6) is 0 Å². The summed E-state index contributed by atoms with van der Waals surface area (Å²) in [6, 6.07) is 12.7. The smallest absolute Gasteiger partial charge is 0.314 e. The van der Waals surface area contributed by atoms with Gasteiger partial charge in [-0.15, -0.1) is 0 Å². The Kier molecular flexibility index (Phi) is 4.39. The van der Waals surface area contributed by atoms with E-state index in [9.17, 15) is 23.4 Å². The van der Waals surface area contributed by atoms with Crippen LogP contribution in [0, 0.1) is 12.3 Å². The third-order valence-electron chi connectivity index (χ3n) is 4.81. The number of carbonyl (C=O) groups is 1. The molecule has 1 aliphatic carbocycles. The standard InChI is InChI=1S/C18H17ClO5S/c1-11-5-7-14(8-6-11)25(23,24)16-15(18(16,10-20)17(21)22)12-3-2-4-13(19)9-12/h2-9,15-16,20H,10H2,1H3,(H,21,22). The molecule has 132 valence electrons. The number of benzene rings is 2. The van der Waals surface area contributed by atoms with E-state index in [0.717, 1.165) is 5.56 Å². The molecule has 25 heavy (non-hydrogen) atoms. The van der Waals surface area contributed by atoms with E-state index in [0.29, 0.717) is 10.6 Å². The van der Waals surface area contributed by atoms with Gasteiger partial charge in [-0.05, 0) is 36.8 Å². The molecule has 5 nitrogen and oxygen atoms in total. The molecule has 0 spiro atoms. The molecule has 7 heteroatoms. The number of carboxylic acids is 1. The van der Waals surface area contributed by atoms with Gasteiger partial charge >= 0.3 is 5.97 Å². The first-order chi connectivity index (χ1) is 11.7. The summed E-state index contributed by atoms with van der Waals surface area (Å²) in [5.74, 6) is -2.19. The molecule has 1 fully saturated rings. The second-order valence-electron chi connectivity index (χ2n) is 6.31. The summed E-state index contributed by atoms with van der Waals surface area (Å²) in [5.41, 5.74) is -0.383. The van der Waals surface area contributed by atoms with E-state index < -0.39 is 39.0 Å². The summed E-state index contributed by atoms with van der Waals surface area (Å²) in [7, 11) is -3.94. The van der Waals surface area contributed by atoms with Crippen LogP contribution in [0.3, 0.4) is 0 Å². The van der Waals surface area contributed by atoms with E-state index in [1.807, 2.05) is 6.92 Å². The summed E-state index contributed by atoms with van der Waals surface area (Å²) in [5, 5.41) is 18.6. The lowest BCUT2D eigenvalue weighted by atomic mass is 10.0. The number of halogens is 1. The molecular weight excluding hydrogens is 364 g/mol. The minimum atomic E-state index is -3.94. The van der Waals surface area contributed by atoms with E-state index >= 15 is 0 Å². The van der Waals surface area contributed by atoms with Crippen molar-refractivity contribution in [1.82, 2.24) is 0 Å². The summed E-state index contributed by atoms with van der Waals surface area (Å²) in [6.07, 6.45) is 0. The first kappa shape index (κ1) is 17.9. The number of aliphatic hydroxyl groups is 1. The quantitative estimate of drug-likeness (QED) is 0.832. The fourth-order valence-corrected chi connectivity index (χ4v) is 5.98. The van der Waals surface area contributed by atoms with E-state index in [1.54, 1.807) is 36.4 Å². The highest BCUT2D eigenvalue weighted by Crippen LogP contribution is 2.64. The van der Waals surface area contributed by atoms with Crippen molar-refractivity contribution in [3.05, 3.63) is 64.7 Å². The largest absolute Gasteiger partial charge is 0.481 e. The van der Waals surface area contributed by atoms with Crippen LogP contribution in [0.2, 0.25) is 5.02 Å². The Bertz CT molecular complexity index is 923. The Morgan fingerprint density at radius 2 is 1.84 bits per heavy atom.